The van der Waals surface area contributed by atoms with E-state index in [-0.39, 0.29) is 6.54 Å². The van der Waals surface area contributed by atoms with E-state index in [1.54, 1.807) is 18.6 Å². The third kappa shape index (κ3) is 4.82. The fourth-order valence-corrected chi connectivity index (χ4v) is 2.19. The van der Waals surface area contributed by atoms with E-state index in [0.717, 1.165) is 23.3 Å². The molecular formula is C18H23FN6. The van der Waals surface area contributed by atoms with E-state index >= 15 is 0 Å². The fourth-order valence-electron chi connectivity index (χ4n) is 2.19. The van der Waals surface area contributed by atoms with Crippen LogP contribution in [-0.2, 0) is 20.1 Å². The van der Waals surface area contributed by atoms with E-state index in [1.165, 1.54) is 6.92 Å². The van der Waals surface area contributed by atoms with E-state index in [4.69, 9.17) is 0 Å². The van der Waals surface area contributed by atoms with Crippen LogP contribution in [0.3, 0.4) is 0 Å². The van der Waals surface area contributed by atoms with E-state index < -0.39 is 5.97 Å². The third-order valence-corrected chi connectivity index (χ3v) is 3.62. The van der Waals surface area contributed by atoms with Crippen LogP contribution in [0.2, 0.25) is 0 Å². The molecule has 0 aliphatic carbocycles. The van der Waals surface area contributed by atoms with E-state index in [2.05, 4.69) is 33.4 Å². The first-order valence-corrected chi connectivity index (χ1v) is 8.09. The number of aryl methyl sites for hydroxylation is 1. The van der Waals surface area contributed by atoms with Gasteiger partial charge in [-0.2, -0.15) is 4.39 Å². The first kappa shape index (κ1) is 18.5. The van der Waals surface area contributed by atoms with Gasteiger partial charge in [-0.1, -0.05) is 13.0 Å². The van der Waals surface area contributed by atoms with Crippen LogP contribution < -0.4 is 0 Å². The molecule has 6 nitrogen and oxygen atoms in total. The lowest BCUT2D eigenvalue weighted by Gasteiger charge is -2.06. The molecule has 0 amide bonds. The van der Waals surface area contributed by atoms with Gasteiger partial charge in [0.05, 0.1) is 30.3 Å². The van der Waals surface area contributed by atoms with Crippen LogP contribution in [0.4, 0.5) is 4.39 Å². The Kier molecular flexibility index (Phi) is 6.56. The van der Waals surface area contributed by atoms with Gasteiger partial charge in [-0.15, -0.1) is 6.58 Å². The second kappa shape index (κ2) is 8.86. The zero-order valence-electron chi connectivity index (χ0n) is 14.9. The molecule has 3 rings (SSSR count). The van der Waals surface area contributed by atoms with Crippen molar-refractivity contribution in [2.45, 2.75) is 33.4 Å². The Labute approximate surface area is 146 Å². The normalized spacial score (nSPS) is 11.3. The standard InChI is InChI=1S/C14H15FN6.C4H8/c1-10(15)18-8-13-17-5-6-21(13)9-14-19-11-3-4-16-7-12(11)20(14)2;1-3-4-2/h3-7H,8-9H2,1-2H3;3H,1,4H2,2H3. The zero-order valence-corrected chi connectivity index (χ0v) is 14.9. The van der Waals surface area contributed by atoms with Crippen molar-refractivity contribution in [3.8, 4) is 0 Å². The number of aromatic nitrogens is 5. The maximum absolute atomic E-state index is 12.7. The second-order valence-electron chi connectivity index (χ2n) is 5.43. The molecule has 0 N–H and O–H groups in total. The third-order valence-electron chi connectivity index (χ3n) is 3.62. The molecule has 0 aliphatic rings. The minimum absolute atomic E-state index is 0.223. The van der Waals surface area contributed by atoms with Gasteiger partial charge >= 0.3 is 0 Å². The molecule has 0 aromatic carbocycles. The molecule has 132 valence electrons. The Morgan fingerprint density at radius 1 is 1.36 bits per heavy atom. The monoisotopic (exact) mass is 342 g/mol. The van der Waals surface area contributed by atoms with Crippen molar-refractivity contribution in [2.24, 2.45) is 12.0 Å². The summed E-state index contributed by atoms with van der Waals surface area (Å²) in [6.07, 6.45) is 10.00. The summed E-state index contributed by atoms with van der Waals surface area (Å²) in [6.45, 7) is 7.65. The first-order valence-electron chi connectivity index (χ1n) is 8.09. The quantitative estimate of drug-likeness (QED) is 0.525. The van der Waals surface area contributed by atoms with Crippen LogP contribution in [0, 0.1) is 0 Å². The lowest BCUT2D eigenvalue weighted by atomic mass is 10.4. The van der Waals surface area contributed by atoms with Gasteiger partial charge in [0.25, 0.3) is 0 Å². The summed E-state index contributed by atoms with van der Waals surface area (Å²) in [5, 5.41) is 0. The topological polar surface area (TPSA) is 60.9 Å². The number of rotatable bonds is 5. The summed E-state index contributed by atoms with van der Waals surface area (Å²) < 4.78 is 16.7. The first-order chi connectivity index (χ1) is 12.1. The molecule has 0 saturated heterocycles. The number of imidazole rings is 2. The van der Waals surface area contributed by atoms with Crippen LogP contribution in [0.1, 0.15) is 31.9 Å². The number of pyridine rings is 1. The highest BCUT2D eigenvalue weighted by Crippen LogP contribution is 2.14. The van der Waals surface area contributed by atoms with Gasteiger partial charge in [0.1, 0.15) is 11.6 Å². The Morgan fingerprint density at radius 3 is 2.76 bits per heavy atom. The molecule has 0 atom stereocenters. The minimum atomic E-state index is -0.446. The van der Waals surface area contributed by atoms with Crippen molar-refractivity contribution in [2.75, 3.05) is 0 Å². The average Bonchev–Trinajstić information content (AvgIpc) is 3.18. The molecule has 0 fully saturated rings. The maximum atomic E-state index is 12.7. The van der Waals surface area contributed by atoms with Gasteiger partial charge in [0.15, 0.2) is 5.97 Å². The largest absolute Gasteiger partial charge is 0.328 e. The predicted molar refractivity (Wildman–Crippen MR) is 98.2 cm³/mol. The van der Waals surface area contributed by atoms with Crippen molar-refractivity contribution >= 4 is 17.0 Å². The fraction of sp³-hybridized carbons (Fsp3) is 0.333. The minimum Gasteiger partial charge on any atom is -0.328 e. The van der Waals surface area contributed by atoms with Gasteiger partial charge in [0, 0.05) is 32.6 Å². The van der Waals surface area contributed by atoms with E-state index in [0.29, 0.717) is 12.4 Å². The van der Waals surface area contributed by atoms with Gasteiger partial charge in [-0.05, 0) is 12.5 Å². The van der Waals surface area contributed by atoms with E-state index in [9.17, 15) is 4.39 Å². The molecule has 0 aliphatic heterocycles. The highest BCUT2D eigenvalue weighted by Gasteiger charge is 2.10. The summed E-state index contributed by atoms with van der Waals surface area (Å²) >= 11 is 0. The van der Waals surface area contributed by atoms with Crippen molar-refractivity contribution in [1.29, 1.82) is 0 Å². The van der Waals surface area contributed by atoms with E-state index in [1.807, 2.05) is 34.5 Å². The highest BCUT2D eigenvalue weighted by atomic mass is 19.1. The SMILES string of the molecule is C=CCC.CC(F)=NCc1nccn1Cc1nc2ccncc2n1C. The zero-order chi connectivity index (χ0) is 18.2. The van der Waals surface area contributed by atoms with Gasteiger partial charge in [0.2, 0.25) is 0 Å². The summed E-state index contributed by atoms with van der Waals surface area (Å²) in [6, 6.07) is 1.88. The van der Waals surface area contributed by atoms with Crippen molar-refractivity contribution in [3.05, 3.63) is 55.2 Å². The molecule has 3 aromatic heterocycles. The molecular weight excluding hydrogens is 319 g/mol. The summed E-state index contributed by atoms with van der Waals surface area (Å²) in [5.41, 5.74) is 1.88. The predicted octanol–water partition coefficient (Wildman–Crippen LogP) is 3.68. The van der Waals surface area contributed by atoms with Crippen LogP contribution in [0.25, 0.3) is 11.0 Å². The molecule has 3 aromatic rings. The van der Waals surface area contributed by atoms with Crippen LogP contribution in [0.15, 0.2) is 48.5 Å². The molecule has 0 bridgehead atoms. The Hall–Kier alpha value is -2.83. The number of nitrogens with zero attached hydrogens (tertiary/aromatic N) is 6. The lowest BCUT2D eigenvalue weighted by Crippen LogP contribution is -2.08. The summed E-state index contributed by atoms with van der Waals surface area (Å²) in [4.78, 5) is 16.7. The number of fused-ring (bicyclic) bond motifs is 1. The summed E-state index contributed by atoms with van der Waals surface area (Å²) in [5.74, 6) is 1.15. The maximum Gasteiger partial charge on any atom is 0.181 e. The van der Waals surface area contributed by atoms with Gasteiger partial charge in [-0.25, -0.2) is 9.97 Å². The van der Waals surface area contributed by atoms with Gasteiger partial charge in [-0.3, -0.25) is 9.98 Å². The molecule has 25 heavy (non-hydrogen) atoms. The molecule has 0 spiro atoms. The lowest BCUT2D eigenvalue weighted by molar-refractivity contribution is 0.664. The molecule has 3 heterocycles. The second-order valence-corrected chi connectivity index (χ2v) is 5.43. The van der Waals surface area contributed by atoms with Crippen molar-refractivity contribution < 1.29 is 4.39 Å². The smallest absolute Gasteiger partial charge is 0.181 e. The molecule has 7 heteroatoms. The number of aliphatic imine (C=N–C) groups is 1. The Bertz CT molecular complexity index is 857. The number of hydrogen-bond donors (Lipinski definition) is 0. The van der Waals surface area contributed by atoms with Crippen LogP contribution >= 0.6 is 0 Å². The Morgan fingerprint density at radius 2 is 2.12 bits per heavy atom. The van der Waals surface area contributed by atoms with Crippen LogP contribution in [0.5, 0.6) is 0 Å². The van der Waals surface area contributed by atoms with Gasteiger partial charge < -0.3 is 9.13 Å². The number of allylic oxidation sites excluding steroid dienone is 1. The highest BCUT2D eigenvalue weighted by molar-refractivity contribution is 5.74. The number of halogens is 1. The molecule has 0 radical (unpaired) electrons. The average molecular weight is 342 g/mol. The van der Waals surface area contributed by atoms with Crippen LogP contribution in [-0.4, -0.2) is 30.1 Å². The van der Waals surface area contributed by atoms with Crippen molar-refractivity contribution in [1.82, 2.24) is 24.1 Å². The summed E-state index contributed by atoms with van der Waals surface area (Å²) in [7, 11) is 1.95. The number of hydrogen-bond acceptors (Lipinski definition) is 4. The van der Waals surface area contributed by atoms with Crippen molar-refractivity contribution in [3.63, 3.8) is 0 Å². The molecule has 0 saturated carbocycles. The molecule has 0 unspecified atom stereocenters. The Balaban J connectivity index is 0.000000511.